The molecule has 2 aromatic heterocycles. The second kappa shape index (κ2) is 12.7. The topological polar surface area (TPSA) is 9.86 Å². The van der Waals surface area contributed by atoms with Gasteiger partial charge in [0, 0.05) is 32.9 Å². The molecule has 14 rings (SSSR count). The Morgan fingerprint density at radius 1 is 0.328 bits per heavy atom. The van der Waals surface area contributed by atoms with Crippen molar-refractivity contribution in [2.24, 2.45) is 0 Å². The van der Waals surface area contributed by atoms with Crippen molar-refractivity contribution >= 4 is 70.1 Å². The highest BCUT2D eigenvalue weighted by atomic mass is 28.4. The fourth-order valence-electron chi connectivity index (χ4n) is 13.6. The predicted molar refractivity (Wildman–Crippen MR) is 264 cm³/mol. The molecule has 0 N–H and O–H groups in total. The number of fused-ring (bicyclic) bond motifs is 18. The molecule has 8 aromatic carbocycles. The molecule has 0 saturated carbocycles. The molecule has 0 bridgehead atoms. The maximum absolute atomic E-state index is 2.77. The molecule has 0 radical (unpaired) electrons. The second-order valence-corrected chi connectivity index (χ2v) is 28.3. The van der Waals surface area contributed by atoms with Gasteiger partial charge in [0.1, 0.15) is 0 Å². The van der Waals surface area contributed by atoms with Crippen LogP contribution in [-0.2, 0) is 0 Å². The summed E-state index contributed by atoms with van der Waals surface area (Å²) in [4.78, 5) is 0. The molecule has 0 atom stereocenters. The number of rotatable bonds is 2. The minimum absolute atomic E-state index is 1.22. The molecule has 4 aliphatic rings. The lowest BCUT2D eigenvalue weighted by Gasteiger charge is -2.32. The van der Waals surface area contributed by atoms with E-state index in [4.69, 9.17) is 0 Å². The Bertz CT molecular complexity index is 3430. The third kappa shape index (κ3) is 4.62. The van der Waals surface area contributed by atoms with Crippen molar-refractivity contribution < 1.29 is 0 Å². The third-order valence-electron chi connectivity index (χ3n) is 15.8. The van der Waals surface area contributed by atoms with Crippen molar-refractivity contribution in [1.29, 1.82) is 0 Å². The molecule has 2 fully saturated rings. The summed E-state index contributed by atoms with van der Waals surface area (Å²) in [6, 6.07) is 71.2. The van der Waals surface area contributed by atoms with Gasteiger partial charge >= 0.3 is 0 Å². The number of para-hydroxylation sites is 3. The molecule has 5 heterocycles. The molecule has 2 saturated heterocycles. The van der Waals surface area contributed by atoms with Crippen LogP contribution in [0, 0.1) is 0 Å². The van der Waals surface area contributed by atoms with Crippen molar-refractivity contribution in [1.82, 2.24) is 9.13 Å². The monoisotopic (exact) mass is 814 g/mol. The van der Waals surface area contributed by atoms with E-state index in [1.54, 1.807) is 11.2 Å². The van der Waals surface area contributed by atoms with Gasteiger partial charge in [-0.3, -0.25) is 0 Å². The highest BCUT2D eigenvalue weighted by molar-refractivity contribution is 7.17. The molecule has 2 nitrogen and oxygen atoms in total. The third-order valence-corrected chi connectivity index (χ3v) is 29.9. The Morgan fingerprint density at radius 2 is 0.738 bits per heavy atom. The van der Waals surface area contributed by atoms with E-state index in [1.807, 2.05) is 10.4 Å². The van der Waals surface area contributed by atoms with E-state index < -0.39 is 16.1 Å². The van der Waals surface area contributed by atoms with E-state index in [-0.39, 0.29) is 0 Å². The van der Waals surface area contributed by atoms with Crippen LogP contribution >= 0.6 is 0 Å². The van der Waals surface area contributed by atoms with Gasteiger partial charge in [0.2, 0.25) is 0 Å². The van der Waals surface area contributed by atoms with Gasteiger partial charge < -0.3 is 9.13 Å². The van der Waals surface area contributed by atoms with E-state index in [0.29, 0.717) is 0 Å². The molecule has 0 unspecified atom stereocenters. The summed E-state index contributed by atoms with van der Waals surface area (Å²) in [6.45, 7) is 0. The second-order valence-electron chi connectivity index (χ2n) is 18.8. The fourth-order valence-corrected chi connectivity index (χ4v) is 32.7. The summed E-state index contributed by atoms with van der Waals surface area (Å²) in [7, 11) is -3.71. The SMILES string of the molecule is c1ccc2c(c1)-c1ccccc1-c1cc(-n3c4ccccc4c4cc(-n5c6ccccc6c6ccccc65)ccc43)c3c(c1-c1ccccc1-2)[Si]1(CCCC1)C[Si]31CCCC1. The first-order valence-electron chi connectivity index (χ1n) is 22.7. The maximum Gasteiger partial charge on any atom is 0.0871 e. The van der Waals surface area contributed by atoms with Crippen LogP contribution in [0.2, 0.25) is 29.8 Å². The molecule has 10 aromatic rings. The molecular weight excluding hydrogens is 769 g/mol. The summed E-state index contributed by atoms with van der Waals surface area (Å²) in [6.07, 6.45) is 5.60. The fraction of sp³-hybridized carbons (Fsp3) is 0.158. The van der Waals surface area contributed by atoms with Crippen molar-refractivity contribution in [3.05, 3.63) is 170 Å². The number of aromatic nitrogens is 2. The Hall–Kier alpha value is -6.21. The van der Waals surface area contributed by atoms with Gasteiger partial charge in [0.15, 0.2) is 0 Å². The minimum atomic E-state index is -1.86. The van der Waals surface area contributed by atoms with Crippen LogP contribution in [0.3, 0.4) is 0 Å². The van der Waals surface area contributed by atoms with Gasteiger partial charge in [-0.05, 0) is 97.3 Å². The zero-order valence-corrected chi connectivity index (χ0v) is 36.4. The summed E-state index contributed by atoms with van der Waals surface area (Å²) >= 11 is 0. The normalized spacial score (nSPS) is 16.9. The average molecular weight is 815 g/mol. The quantitative estimate of drug-likeness (QED) is 0.154. The highest BCUT2D eigenvalue weighted by Crippen LogP contribution is 2.54. The Kier molecular flexibility index (Phi) is 7.16. The standard InChI is InChI=1S/C57H46N2Si2/c1-2-18-40-39(17-1)41-19-3-4-21-43(41)49-36-54(56-57(55(49)47-25-6-5-20-42(40)47)61(33-15-16-34-61)37-60(56)31-13-14-32-60)59-52-28-12-9-24-46(52)48-35-38(29-30-53(48)59)58-50-26-10-7-22-44(50)45-23-8-11-27-51(45)58/h1-12,17-30,35-36H,13-16,31-34,37H2. The van der Waals surface area contributed by atoms with Crippen molar-refractivity contribution in [2.45, 2.75) is 55.5 Å². The van der Waals surface area contributed by atoms with E-state index in [0.717, 1.165) is 0 Å². The molecule has 3 aliphatic heterocycles. The lowest BCUT2D eigenvalue weighted by atomic mass is 9.80. The van der Waals surface area contributed by atoms with E-state index in [2.05, 4.69) is 179 Å². The van der Waals surface area contributed by atoms with Crippen LogP contribution in [0.5, 0.6) is 0 Å². The van der Waals surface area contributed by atoms with Gasteiger partial charge in [-0.2, -0.15) is 0 Å². The van der Waals surface area contributed by atoms with E-state index in [9.17, 15) is 0 Å². The first kappa shape index (κ1) is 34.5. The predicted octanol–water partition coefficient (Wildman–Crippen LogP) is 14.3. The molecule has 4 heteroatoms. The summed E-state index contributed by atoms with van der Waals surface area (Å²) in [5.41, 5.74) is 20.8. The molecule has 292 valence electrons. The van der Waals surface area contributed by atoms with Crippen molar-refractivity contribution in [3.63, 3.8) is 0 Å². The van der Waals surface area contributed by atoms with Crippen LogP contribution in [0.4, 0.5) is 0 Å². The van der Waals surface area contributed by atoms with Crippen LogP contribution in [0.1, 0.15) is 25.7 Å². The van der Waals surface area contributed by atoms with Crippen LogP contribution in [0.25, 0.3) is 99.5 Å². The number of nitrogens with zero attached hydrogens (tertiary/aromatic N) is 2. The largest absolute Gasteiger partial charge is 0.309 e. The van der Waals surface area contributed by atoms with Gasteiger partial charge in [0.05, 0.1) is 38.2 Å². The molecule has 61 heavy (non-hydrogen) atoms. The van der Waals surface area contributed by atoms with E-state index in [1.165, 1.54) is 144 Å². The molecule has 1 aliphatic carbocycles. The number of hydrogen-bond acceptors (Lipinski definition) is 0. The zero-order valence-electron chi connectivity index (χ0n) is 34.4. The minimum Gasteiger partial charge on any atom is -0.309 e. The lowest BCUT2D eigenvalue weighted by molar-refractivity contribution is 0.935. The molecular formula is C57H46N2Si2. The van der Waals surface area contributed by atoms with Gasteiger partial charge in [-0.1, -0.05) is 183 Å². The first-order valence-corrected chi connectivity index (χ1v) is 28.0. The van der Waals surface area contributed by atoms with Gasteiger partial charge in [-0.25, -0.2) is 0 Å². The van der Waals surface area contributed by atoms with Crippen molar-refractivity contribution in [2.75, 3.05) is 0 Å². The molecule has 2 spiro atoms. The van der Waals surface area contributed by atoms with Crippen LogP contribution in [-0.4, -0.2) is 25.3 Å². The maximum atomic E-state index is 2.77. The smallest absolute Gasteiger partial charge is 0.0871 e. The van der Waals surface area contributed by atoms with E-state index >= 15 is 0 Å². The Labute approximate surface area is 358 Å². The Balaban J connectivity index is 1.14. The summed E-state index contributed by atoms with van der Waals surface area (Å²) in [5, 5.41) is 9.04. The van der Waals surface area contributed by atoms with Gasteiger partial charge in [-0.15, -0.1) is 0 Å². The summed E-state index contributed by atoms with van der Waals surface area (Å²) < 4.78 is 5.26. The number of hydrogen-bond donors (Lipinski definition) is 0. The van der Waals surface area contributed by atoms with Crippen LogP contribution in [0.15, 0.2) is 170 Å². The Morgan fingerprint density at radius 3 is 1.30 bits per heavy atom. The first-order chi connectivity index (χ1) is 30.2. The summed E-state index contributed by atoms with van der Waals surface area (Å²) in [5.74, 6) is 0. The van der Waals surface area contributed by atoms with Gasteiger partial charge in [0.25, 0.3) is 0 Å². The highest BCUT2D eigenvalue weighted by Gasteiger charge is 2.59. The lowest BCUT2D eigenvalue weighted by Crippen LogP contribution is -2.50. The molecule has 0 amide bonds. The van der Waals surface area contributed by atoms with Crippen LogP contribution < -0.4 is 10.4 Å². The van der Waals surface area contributed by atoms with Crippen molar-refractivity contribution in [3.8, 4) is 55.9 Å². The zero-order chi connectivity index (χ0) is 39.9. The average Bonchev–Trinajstić information content (AvgIpc) is 4.16. The number of benzene rings is 8.